The van der Waals surface area contributed by atoms with Crippen molar-refractivity contribution in [2.24, 2.45) is 0 Å². The fraction of sp³-hybridized carbons (Fsp3) is 0.300. The zero-order chi connectivity index (χ0) is 15.8. The minimum absolute atomic E-state index is 0.773. The van der Waals surface area contributed by atoms with Crippen LogP contribution in [0.5, 0.6) is 0 Å². The van der Waals surface area contributed by atoms with Crippen LogP contribution in [0.15, 0.2) is 54.6 Å². The first kappa shape index (κ1) is 16.8. The summed E-state index contributed by atoms with van der Waals surface area (Å²) >= 11 is 5.93. The van der Waals surface area contributed by atoms with E-state index >= 15 is 0 Å². The zero-order valence-electron chi connectivity index (χ0n) is 13.4. The summed E-state index contributed by atoms with van der Waals surface area (Å²) in [7, 11) is 0. The summed E-state index contributed by atoms with van der Waals surface area (Å²) in [5, 5.41) is 4.21. The highest BCUT2D eigenvalue weighted by Gasteiger charge is 1.99. The van der Waals surface area contributed by atoms with E-state index in [4.69, 9.17) is 11.6 Å². The number of halogens is 1. The molecule has 22 heavy (non-hydrogen) atoms. The summed E-state index contributed by atoms with van der Waals surface area (Å²) < 4.78 is 0. The molecule has 0 atom stereocenters. The number of hydrogen-bond acceptors (Lipinski definition) is 1. The molecule has 0 bridgehead atoms. The van der Waals surface area contributed by atoms with Crippen molar-refractivity contribution in [1.29, 1.82) is 0 Å². The lowest BCUT2D eigenvalue weighted by molar-refractivity contribution is 0.681. The van der Waals surface area contributed by atoms with Gasteiger partial charge in [-0.05, 0) is 54.3 Å². The lowest BCUT2D eigenvalue weighted by Crippen LogP contribution is -2.14. The van der Waals surface area contributed by atoms with Crippen LogP contribution in [0, 0.1) is 0 Å². The highest BCUT2D eigenvalue weighted by molar-refractivity contribution is 6.30. The Balaban J connectivity index is 1.98. The molecule has 116 valence electrons. The summed E-state index contributed by atoms with van der Waals surface area (Å²) in [4.78, 5) is 0. The molecule has 1 nitrogen and oxygen atoms in total. The predicted molar refractivity (Wildman–Crippen MR) is 98.3 cm³/mol. The van der Waals surface area contributed by atoms with Gasteiger partial charge in [-0.3, -0.25) is 0 Å². The number of benzene rings is 2. The van der Waals surface area contributed by atoms with E-state index in [1.807, 2.05) is 12.1 Å². The predicted octanol–water partition coefficient (Wildman–Crippen LogP) is 5.80. The Morgan fingerprint density at radius 2 is 1.59 bits per heavy atom. The molecule has 0 aliphatic rings. The molecule has 2 aromatic rings. The molecule has 0 fully saturated rings. The molecule has 2 aromatic carbocycles. The molecule has 0 unspecified atom stereocenters. The number of hydrogen-bond donors (Lipinski definition) is 1. The van der Waals surface area contributed by atoms with Crippen molar-refractivity contribution in [2.75, 3.05) is 13.1 Å². The van der Waals surface area contributed by atoms with Crippen molar-refractivity contribution < 1.29 is 0 Å². The van der Waals surface area contributed by atoms with Gasteiger partial charge < -0.3 is 5.32 Å². The summed E-state index contributed by atoms with van der Waals surface area (Å²) in [6.45, 7) is 6.41. The molecule has 0 amide bonds. The molecule has 2 rings (SSSR count). The first-order chi connectivity index (χ1) is 10.7. The fourth-order valence-electron chi connectivity index (χ4n) is 2.31. The summed E-state index contributed by atoms with van der Waals surface area (Å²) in [5.74, 6) is 0. The Hall–Kier alpha value is -1.57. The summed E-state index contributed by atoms with van der Waals surface area (Å²) in [6.07, 6.45) is 4.73. The van der Waals surface area contributed by atoms with Crippen molar-refractivity contribution in [3.63, 3.8) is 0 Å². The third kappa shape index (κ3) is 5.01. The van der Waals surface area contributed by atoms with E-state index < -0.39 is 0 Å². The SMILES string of the molecule is CCCCNCC=C(C)c1ccc(-c2ccc(Cl)cc2)cc1. The van der Waals surface area contributed by atoms with E-state index in [0.29, 0.717) is 0 Å². The average molecular weight is 314 g/mol. The molecule has 0 radical (unpaired) electrons. The number of unbranched alkanes of at least 4 members (excludes halogenated alkanes) is 1. The molecule has 2 heteroatoms. The molecule has 0 aliphatic heterocycles. The van der Waals surface area contributed by atoms with E-state index in [1.54, 1.807) is 0 Å². The minimum atomic E-state index is 0.773. The highest BCUT2D eigenvalue weighted by Crippen LogP contribution is 2.23. The monoisotopic (exact) mass is 313 g/mol. The second kappa shape index (κ2) is 8.77. The highest BCUT2D eigenvalue weighted by atomic mass is 35.5. The Morgan fingerprint density at radius 3 is 2.18 bits per heavy atom. The van der Waals surface area contributed by atoms with Crippen LogP contribution in [0.25, 0.3) is 16.7 Å². The third-order valence-electron chi connectivity index (χ3n) is 3.78. The smallest absolute Gasteiger partial charge is 0.0406 e. The van der Waals surface area contributed by atoms with Gasteiger partial charge in [0.1, 0.15) is 0 Å². The standard InChI is InChI=1S/C20H24ClN/c1-3-4-14-22-15-13-16(2)17-5-7-18(8-6-17)19-9-11-20(21)12-10-19/h5-13,22H,3-4,14-15H2,1-2H3. The molecular formula is C20H24ClN. The lowest BCUT2D eigenvalue weighted by atomic mass is 10.0. The Kier molecular flexibility index (Phi) is 6.70. The second-order valence-corrected chi connectivity index (χ2v) is 5.97. The van der Waals surface area contributed by atoms with Gasteiger partial charge in [-0.25, -0.2) is 0 Å². The first-order valence-electron chi connectivity index (χ1n) is 7.94. The van der Waals surface area contributed by atoms with Gasteiger partial charge in [-0.15, -0.1) is 0 Å². The minimum Gasteiger partial charge on any atom is -0.313 e. The van der Waals surface area contributed by atoms with Gasteiger partial charge in [-0.1, -0.05) is 67.4 Å². The van der Waals surface area contributed by atoms with Gasteiger partial charge in [0.05, 0.1) is 0 Å². The molecule has 0 spiro atoms. The van der Waals surface area contributed by atoms with Gasteiger partial charge in [0.2, 0.25) is 0 Å². The fourth-order valence-corrected chi connectivity index (χ4v) is 2.44. The van der Waals surface area contributed by atoms with Crippen LogP contribution in [0.2, 0.25) is 5.02 Å². The van der Waals surface area contributed by atoms with Crippen LogP contribution in [-0.4, -0.2) is 13.1 Å². The van der Waals surface area contributed by atoms with Crippen LogP contribution in [-0.2, 0) is 0 Å². The topological polar surface area (TPSA) is 12.0 Å². The van der Waals surface area contributed by atoms with Gasteiger partial charge in [-0.2, -0.15) is 0 Å². The number of nitrogens with one attached hydrogen (secondary N) is 1. The van der Waals surface area contributed by atoms with Crippen LogP contribution < -0.4 is 5.32 Å². The normalized spacial score (nSPS) is 11.7. The van der Waals surface area contributed by atoms with Crippen LogP contribution in [0.1, 0.15) is 32.3 Å². The largest absolute Gasteiger partial charge is 0.313 e. The maximum Gasteiger partial charge on any atom is 0.0406 e. The Labute approximate surface area is 139 Å². The van der Waals surface area contributed by atoms with Crippen LogP contribution in [0.4, 0.5) is 0 Å². The van der Waals surface area contributed by atoms with E-state index in [-0.39, 0.29) is 0 Å². The quantitative estimate of drug-likeness (QED) is 0.637. The molecular weight excluding hydrogens is 290 g/mol. The van der Waals surface area contributed by atoms with Crippen molar-refractivity contribution in [3.05, 3.63) is 65.2 Å². The number of rotatable bonds is 7. The molecule has 0 saturated heterocycles. The maximum absolute atomic E-state index is 5.93. The van der Waals surface area contributed by atoms with Crippen LogP contribution >= 0.6 is 11.6 Å². The second-order valence-electron chi connectivity index (χ2n) is 5.53. The lowest BCUT2D eigenvalue weighted by Gasteiger charge is -2.06. The van der Waals surface area contributed by atoms with Gasteiger partial charge >= 0.3 is 0 Å². The molecule has 0 aromatic heterocycles. The summed E-state index contributed by atoms with van der Waals surface area (Å²) in [5.41, 5.74) is 5.00. The molecule has 0 saturated carbocycles. The van der Waals surface area contributed by atoms with Crippen molar-refractivity contribution >= 4 is 17.2 Å². The van der Waals surface area contributed by atoms with E-state index in [1.165, 1.54) is 35.1 Å². The maximum atomic E-state index is 5.93. The number of allylic oxidation sites excluding steroid dienone is 1. The van der Waals surface area contributed by atoms with Gasteiger partial charge in [0, 0.05) is 11.6 Å². The first-order valence-corrected chi connectivity index (χ1v) is 8.32. The Bertz CT molecular complexity index is 597. The zero-order valence-corrected chi connectivity index (χ0v) is 14.2. The molecule has 0 heterocycles. The van der Waals surface area contributed by atoms with E-state index in [9.17, 15) is 0 Å². The van der Waals surface area contributed by atoms with Crippen LogP contribution in [0.3, 0.4) is 0 Å². The molecule has 0 aliphatic carbocycles. The summed E-state index contributed by atoms with van der Waals surface area (Å²) in [6, 6.07) is 16.7. The Morgan fingerprint density at radius 1 is 1.00 bits per heavy atom. The van der Waals surface area contributed by atoms with Gasteiger partial charge in [0.25, 0.3) is 0 Å². The van der Waals surface area contributed by atoms with E-state index in [2.05, 4.69) is 61.6 Å². The average Bonchev–Trinajstić information content (AvgIpc) is 2.55. The van der Waals surface area contributed by atoms with Crippen molar-refractivity contribution in [2.45, 2.75) is 26.7 Å². The van der Waals surface area contributed by atoms with Crippen molar-refractivity contribution in [1.82, 2.24) is 5.32 Å². The van der Waals surface area contributed by atoms with E-state index in [0.717, 1.165) is 18.1 Å². The van der Waals surface area contributed by atoms with Gasteiger partial charge in [0.15, 0.2) is 0 Å². The molecule has 1 N–H and O–H groups in total. The van der Waals surface area contributed by atoms with Crippen molar-refractivity contribution in [3.8, 4) is 11.1 Å². The third-order valence-corrected chi connectivity index (χ3v) is 4.03.